The molecule has 170 valence electrons. The summed E-state index contributed by atoms with van der Waals surface area (Å²) < 4.78 is 11.0. The third kappa shape index (κ3) is 5.07. The van der Waals surface area contributed by atoms with Gasteiger partial charge in [-0.15, -0.1) is 0 Å². The first kappa shape index (κ1) is 23.0. The molecule has 4 heteroatoms. The van der Waals surface area contributed by atoms with Crippen molar-refractivity contribution in [2.24, 2.45) is 0 Å². The molecular weight excluding hydrogens is 424 g/mol. The lowest BCUT2D eigenvalue weighted by molar-refractivity contribution is 0.0725. The van der Waals surface area contributed by atoms with Gasteiger partial charge in [0, 0.05) is 5.41 Å². The highest BCUT2D eigenvalue weighted by Crippen LogP contribution is 2.36. The fourth-order valence-corrected chi connectivity index (χ4v) is 3.84. The maximum Gasteiger partial charge on any atom is 0.343 e. The van der Waals surface area contributed by atoms with E-state index in [9.17, 15) is 9.59 Å². The molecule has 0 spiro atoms. The second-order valence-corrected chi connectivity index (χ2v) is 8.25. The van der Waals surface area contributed by atoms with Gasteiger partial charge in [0.15, 0.2) is 0 Å². The first-order valence-electron chi connectivity index (χ1n) is 11.2. The molecule has 0 aliphatic heterocycles. The van der Waals surface area contributed by atoms with Crippen molar-refractivity contribution in [3.63, 3.8) is 0 Å². The highest BCUT2D eigenvalue weighted by Gasteiger charge is 2.27. The number of esters is 2. The third-order valence-corrected chi connectivity index (χ3v) is 6.13. The number of hydrogen-bond donors (Lipinski definition) is 0. The van der Waals surface area contributed by atoms with E-state index in [2.05, 4.69) is 13.8 Å². The zero-order chi connectivity index (χ0) is 24.0. The van der Waals surface area contributed by atoms with Crippen molar-refractivity contribution in [2.45, 2.75) is 25.7 Å². The average molecular weight is 451 g/mol. The minimum Gasteiger partial charge on any atom is -0.423 e. The van der Waals surface area contributed by atoms with Gasteiger partial charge in [0.1, 0.15) is 11.5 Å². The van der Waals surface area contributed by atoms with E-state index in [1.165, 1.54) is 0 Å². The summed E-state index contributed by atoms with van der Waals surface area (Å²) in [5.41, 5.74) is 2.97. The summed E-state index contributed by atoms with van der Waals surface area (Å²) in [5.74, 6) is 0.234. The van der Waals surface area contributed by atoms with Crippen molar-refractivity contribution in [1.29, 1.82) is 0 Å². The average Bonchev–Trinajstić information content (AvgIpc) is 2.90. The van der Waals surface area contributed by atoms with Crippen molar-refractivity contribution in [1.82, 2.24) is 0 Å². The SMILES string of the molecule is CCC(C)(c1ccc(OC(=O)c2ccccc2)cc1)c1ccc(OC(=O)c2ccccc2)cc1. The monoisotopic (exact) mass is 450 g/mol. The minimum atomic E-state index is -0.382. The van der Waals surface area contributed by atoms with Crippen LogP contribution in [0.25, 0.3) is 0 Å². The summed E-state index contributed by atoms with van der Waals surface area (Å²) in [4.78, 5) is 24.6. The van der Waals surface area contributed by atoms with Crippen LogP contribution in [0.4, 0.5) is 0 Å². The largest absolute Gasteiger partial charge is 0.423 e. The Balaban J connectivity index is 1.48. The third-order valence-electron chi connectivity index (χ3n) is 6.13. The summed E-state index contributed by atoms with van der Waals surface area (Å²) in [7, 11) is 0. The van der Waals surface area contributed by atoms with E-state index in [0.29, 0.717) is 22.6 Å². The zero-order valence-corrected chi connectivity index (χ0v) is 19.2. The highest BCUT2D eigenvalue weighted by molar-refractivity contribution is 5.91. The molecule has 0 heterocycles. The second kappa shape index (κ2) is 10.2. The second-order valence-electron chi connectivity index (χ2n) is 8.25. The smallest absolute Gasteiger partial charge is 0.343 e. The van der Waals surface area contributed by atoms with Crippen LogP contribution < -0.4 is 9.47 Å². The molecule has 0 aliphatic carbocycles. The molecule has 0 radical (unpaired) electrons. The van der Waals surface area contributed by atoms with Crippen LogP contribution >= 0.6 is 0 Å². The molecule has 0 aliphatic rings. The van der Waals surface area contributed by atoms with Gasteiger partial charge in [0.05, 0.1) is 11.1 Å². The summed E-state index contributed by atoms with van der Waals surface area (Å²) in [6.07, 6.45) is 0.860. The lowest BCUT2D eigenvalue weighted by Crippen LogP contribution is -2.22. The molecule has 0 saturated carbocycles. The summed E-state index contributed by atoms with van der Waals surface area (Å²) in [6, 6.07) is 33.1. The topological polar surface area (TPSA) is 52.6 Å². The molecule has 0 atom stereocenters. The van der Waals surface area contributed by atoms with Gasteiger partial charge in [-0.1, -0.05) is 74.5 Å². The van der Waals surface area contributed by atoms with Gasteiger partial charge in [-0.25, -0.2) is 9.59 Å². The molecule has 0 aromatic heterocycles. The van der Waals surface area contributed by atoms with Gasteiger partial charge in [-0.05, 0) is 66.1 Å². The van der Waals surface area contributed by atoms with Gasteiger partial charge in [-0.2, -0.15) is 0 Å². The van der Waals surface area contributed by atoms with Crippen LogP contribution in [0.1, 0.15) is 52.1 Å². The van der Waals surface area contributed by atoms with Crippen molar-refractivity contribution in [2.75, 3.05) is 0 Å². The Bertz CT molecular complexity index is 1150. The fourth-order valence-electron chi connectivity index (χ4n) is 3.84. The Morgan fingerprint density at radius 1 is 0.588 bits per heavy atom. The van der Waals surface area contributed by atoms with Crippen molar-refractivity contribution >= 4 is 11.9 Å². The van der Waals surface area contributed by atoms with E-state index in [0.717, 1.165) is 17.5 Å². The number of rotatable bonds is 7. The molecule has 34 heavy (non-hydrogen) atoms. The first-order chi connectivity index (χ1) is 16.5. The van der Waals surface area contributed by atoms with E-state index in [1.807, 2.05) is 60.7 Å². The van der Waals surface area contributed by atoms with E-state index >= 15 is 0 Å². The molecule has 0 saturated heterocycles. The number of carbonyl (C=O) groups excluding carboxylic acids is 2. The molecule has 4 aromatic rings. The van der Waals surface area contributed by atoms with E-state index in [1.54, 1.807) is 48.5 Å². The van der Waals surface area contributed by atoms with E-state index in [4.69, 9.17) is 9.47 Å². The first-order valence-corrected chi connectivity index (χ1v) is 11.2. The van der Waals surface area contributed by atoms with Gasteiger partial charge >= 0.3 is 11.9 Å². The van der Waals surface area contributed by atoms with Crippen LogP contribution in [0.15, 0.2) is 109 Å². The number of ether oxygens (including phenoxy) is 2. The summed E-state index contributed by atoms with van der Waals surface area (Å²) in [5, 5.41) is 0. The predicted octanol–water partition coefficient (Wildman–Crippen LogP) is 6.84. The number of hydrogen-bond acceptors (Lipinski definition) is 4. The molecule has 0 bridgehead atoms. The van der Waals surface area contributed by atoms with E-state index in [-0.39, 0.29) is 17.4 Å². The molecule has 0 unspecified atom stereocenters. The van der Waals surface area contributed by atoms with Crippen LogP contribution in [0.5, 0.6) is 11.5 Å². The fraction of sp³-hybridized carbons (Fsp3) is 0.133. The summed E-state index contributed by atoms with van der Waals surface area (Å²) >= 11 is 0. The Morgan fingerprint density at radius 2 is 0.941 bits per heavy atom. The van der Waals surface area contributed by atoms with Crippen LogP contribution in [0.3, 0.4) is 0 Å². The maximum atomic E-state index is 12.3. The van der Waals surface area contributed by atoms with Crippen LogP contribution in [-0.2, 0) is 5.41 Å². The number of benzene rings is 4. The highest BCUT2D eigenvalue weighted by atomic mass is 16.5. The lowest BCUT2D eigenvalue weighted by atomic mass is 9.74. The van der Waals surface area contributed by atoms with Crippen LogP contribution in [0.2, 0.25) is 0 Å². The predicted molar refractivity (Wildman–Crippen MR) is 132 cm³/mol. The van der Waals surface area contributed by atoms with Crippen molar-refractivity contribution < 1.29 is 19.1 Å². The molecule has 4 rings (SSSR count). The molecule has 0 fully saturated rings. The molecular formula is C30H26O4. The molecule has 0 amide bonds. The van der Waals surface area contributed by atoms with Gasteiger partial charge in [0.2, 0.25) is 0 Å². The Kier molecular flexibility index (Phi) is 6.88. The number of carbonyl (C=O) groups is 2. The standard InChI is InChI=1S/C30H26O4/c1-3-30(2,24-14-18-26(19-15-24)33-28(31)22-10-6-4-7-11-22)25-16-20-27(21-17-25)34-29(32)23-12-8-5-9-13-23/h4-21H,3H2,1-2H3. The van der Waals surface area contributed by atoms with Crippen LogP contribution in [-0.4, -0.2) is 11.9 Å². The van der Waals surface area contributed by atoms with Crippen molar-refractivity contribution in [3.05, 3.63) is 131 Å². The van der Waals surface area contributed by atoms with Gasteiger partial charge < -0.3 is 9.47 Å². The Labute approximate surface area is 199 Å². The Morgan fingerprint density at radius 3 is 1.26 bits per heavy atom. The normalized spacial score (nSPS) is 11.0. The zero-order valence-electron chi connectivity index (χ0n) is 19.2. The minimum absolute atomic E-state index is 0.260. The quantitative estimate of drug-likeness (QED) is 0.228. The molecule has 4 aromatic carbocycles. The van der Waals surface area contributed by atoms with Crippen LogP contribution in [0, 0.1) is 0 Å². The Hall–Kier alpha value is -4.18. The van der Waals surface area contributed by atoms with E-state index < -0.39 is 0 Å². The van der Waals surface area contributed by atoms with Gasteiger partial charge in [0.25, 0.3) is 0 Å². The van der Waals surface area contributed by atoms with Gasteiger partial charge in [-0.3, -0.25) is 0 Å². The van der Waals surface area contributed by atoms with Crippen molar-refractivity contribution in [3.8, 4) is 11.5 Å². The summed E-state index contributed by atoms with van der Waals surface area (Å²) in [6.45, 7) is 4.30. The maximum absolute atomic E-state index is 12.3. The molecule has 4 nitrogen and oxygen atoms in total. The molecule has 0 N–H and O–H groups in total. The lowest BCUT2D eigenvalue weighted by Gasteiger charge is -2.30.